The molecule has 0 saturated carbocycles. The molecular formula is C30H62N+. The Bertz CT molecular complexity index is 339. The average molecular weight is 437 g/mol. The molecule has 1 fully saturated rings. The van der Waals surface area contributed by atoms with Gasteiger partial charge in [0.25, 0.3) is 0 Å². The maximum absolute atomic E-state index is 2.52. The van der Waals surface area contributed by atoms with E-state index in [1.54, 1.807) is 0 Å². The summed E-state index contributed by atoms with van der Waals surface area (Å²) in [5, 5.41) is 0. The second-order valence-corrected chi connectivity index (χ2v) is 11.3. The zero-order valence-electron chi connectivity index (χ0n) is 22.4. The maximum Gasteiger partial charge on any atom is 0.0812 e. The van der Waals surface area contributed by atoms with Gasteiger partial charge in [-0.3, -0.25) is 0 Å². The van der Waals surface area contributed by atoms with E-state index in [4.69, 9.17) is 0 Å². The molecule has 1 heterocycles. The average Bonchev–Trinajstić information content (AvgIpc) is 2.76. The predicted octanol–water partition coefficient (Wildman–Crippen LogP) is 10.1. The van der Waals surface area contributed by atoms with Crippen molar-refractivity contribution in [3.8, 4) is 0 Å². The van der Waals surface area contributed by atoms with Crippen molar-refractivity contribution >= 4 is 0 Å². The molecule has 31 heavy (non-hydrogen) atoms. The lowest BCUT2D eigenvalue weighted by Gasteiger charge is -2.44. The van der Waals surface area contributed by atoms with Crippen LogP contribution in [0.15, 0.2) is 0 Å². The first-order chi connectivity index (χ1) is 15.2. The Labute approximate surface area is 198 Å². The number of likely N-dealkylation sites (tertiary alicyclic amines) is 1. The number of rotatable bonds is 22. The minimum atomic E-state index is 0.958. The van der Waals surface area contributed by atoms with Crippen molar-refractivity contribution in [2.45, 2.75) is 162 Å². The fraction of sp³-hybridized carbons (Fsp3) is 1.00. The Hall–Kier alpha value is -0.0400. The number of quaternary nitrogens is 1. The molecule has 1 nitrogen and oxygen atoms in total. The van der Waals surface area contributed by atoms with E-state index in [1.807, 2.05) is 0 Å². The van der Waals surface area contributed by atoms with Crippen molar-refractivity contribution in [2.75, 3.05) is 26.2 Å². The van der Waals surface area contributed by atoms with Crippen LogP contribution in [0.2, 0.25) is 0 Å². The summed E-state index contributed by atoms with van der Waals surface area (Å²) in [5.41, 5.74) is 0. The third-order valence-corrected chi connectivity index (χ3v) is 8.00. The van der Waals surface area contributed by atoms with Gasteiger partial charge in [0.15, 0.2) is 0 Å². The molecule has 0 aromatic rings. The molecule has 1 aliphatic rings. The van der Waals surface area contributed by atoms with Crippen molar-refractivity contribution in [1.82, 2.24) is 0 Å². The van der Waals surface area contributed by atoms with Crippen molar-refractivity contribution in [3.05, 3.63) is 0 Å². The summed E-state index contributed by atoms with van der Waals surface area (Å²) in [6.45, 7) is 13.1. The Morgan fingerprint density at radius 2 is 0.871 bits per heavy atom. The largest absolute Gasteiger partial charge is 0.323 e. The summed E-state index contributed by atoms with van der Waals surface area (Å²) in [5.74, 6) is 0.958. The second-order valence-electron chi connectivity index (χ2n) is 11.3. The van der Waals surface area contributed by atoms with Crippen molar-refractivity contribution in [1.29, 1.82) is 0 Å². The van der Waals surface area contributed by atoms with Crippen LogP contribution in [0, 0.1) is 5.92 Å². The zero-order valence-corrected chi connectivity index (χ0v) is 22.4. The van der Waals surface area contributed by atoms with Crippen molar-refractivity contribution in [3.63, 3.8) is 0 Å². The van der Waals surface area contributed by atoms with Gasteiger partial charge in [0.1, 0.15) is 0 Å². The van der Waals surface area contributed by atoms with Crippen LogP contribution in [-0.4, -0.2) is 30.7 Å². The van der Waals surface area contributed by atoms with Crippen LogP contribution in [0.3, 0.4) is 0 Å². The second kappa shape index (κ2) is 20.6. The van der Waals surface area contributed by atoms with E-state index in [2.05, 4.69) is 20.8 Å². The van der Waals surface area contributed by atoms with E-state index in [0.717, 1.165) is 5.92 Å². The van der Waals surface area contributed by atoms with Gasteiger partial charge >= 0.3 is 0 Å². The number of hydrogen-bond acceptors (Lipinski definition) is 0. The lowest BCUT2D eigenvalue weighted by atomic mass is 9.95. The van der Waals surface area contributed by atoms with E-state index in [9.17, 15) is 0 Å². The van der Waals surface area contributed by atoms with Crippen LogP contribution in [-0.2, 0) is 0 Å². The lowest BCUT2D eigenvalue weighted by molar-refractivity contribution is -0.936. The number of nitrogens with zero attached hydrogens (tertiary/aromatic N) is 1. The molecule has 0 aromatic heterocycles. The molecule has 1 atom stereocenters. The van der Waals surface area contributed by atoms with Crippen LogP contribution >= 0.6 is 0 Å². The highest BCUT2D eigenvalue weighted by atomic mass is 15.4. The molecule has 0 spiro atoms. The molecular weight excluding hydrogens is 374 g/mol. The fourth-order valence-corrected chi connectivity index (χ4v) is 6.01. The van der Waals surface area contributed by atoms with Gasteiger partial charge in [-0.05, 0) is 38.5 Å². The highest BCUT2D eigenvalue weighted by Gasteiger charge is 2.32. The summed E-state index contributed by atoms with van der Waals surface area (Å²) in [6, 6.07) is 0. The Morgan fingerprint density at radius 3 is 1.23 bits per heavy atom. The van der Waals surface area contributed by atoms with Crippen molar-refractivity contribution in [2.24, 2.45) is 5.92 Å². The highest BCUT2D eigenvalue weighted by molar-refractivity contribution is 4.62. The minimum Gasteiger partial charge on any atom is -0.323 e. The molecule has 0 unspecified atom stereocenters. The zero-order chi connectivity index (χ0) is 22.5. The molecule has 0 amide bonds. The van der Waals surface area contributed by atoms with E-state index in [0.29, 0.717) is 0 Å². The first-order valence-corrected chi connectivity index (χ1v) is 15.1. The molecule has 1 rings (SSSR count). The van der Waals surface area contributed by atoms with Gasteiger partial charge in [0, 0.05) is 5.92 Å². The van der Waals surface area contributed by atoms with E-state index in [1.165, 1.54) is 172 Å². The smallest absolute Gasteiger partial charge is 0.0812 e. The maximum atomic E-state index is 2.52. The third kappa shape index (κ3) is 16.3. The topological polar surface area (TPSA) is 0 Å². The summed E-state index contributed by atoms with van der Waals surface area (Å²) < 4.78 is 1.48. The van der Waals surface area contributed by atoms with Gasteiger partial charge in [0.05, 0.1) is 26.2 Å². The molecule has 186 valence electrons. The Morgan fingerprint density at radius 1 is 0.516 bits per heavy atom. The monoisotopic (exact) mass is 436 g/mol. The van der Waals surface area contributed by atoms with Crippen LogP contribution in [0.4, 0.5) is 0 Å². The van der Waals surface area contributed by atoms with Gasteiger partial charge in [-0.2, -0.15) is 0 Å². The molecule has 0 aromatic carbocycles. The van der Waals surface area contributed by atoms with Gasteiger partial charge in [-0.1, -0.05) is 124 Å². The summed E-state index contributed by atoms with van der Waals surface area (Å²) in [4.78, 5) is 0. The van der Waals surface area contributed by atoms with E-state index in [-0.39, 0.29) is 0 Å². The number of unbranched alkanes of at least 4 members (excludes halogenated alkanes) is 18. The van der Waals surface area contributed by atoms with E-state index >= 15 is 0 Å². The molecule has 0 bridgehead atoms. The predicted molar refractivity (Wildman–Crippen MR) is 142 cm³/mol. The number of piperidine rings is 1. The summed E-state index contributed by atoms with van der Waals surface area (Å²) >= 11 is 0. The van der Waals surface area contributed by atoms with Crippen LogP contribution in [0.25, 0.3) is 0 Å². The Balaban J connectivity index is 2.10. The van der Waals surface area contributed by atoms with Crippen molar-refractivity contribution < 1.29 is 4.48 Å². The van der Waals surface area contributed by atoms with Gasteiger partial charge in [-0.15, -0.1) is 0 Å². The minimum absolute atomic E-state index is 0.958. The third-order valence-electron chi connectivity index (χ3n) is 8.00. The van der Waals surface area contributed by atoms with Crippen LogP contribution in [0.1, 0.15) is 162 Å². The fourth-order valence-electron chi connectivity index (χ4n) is 6.01. The number of hydrogen-bond donors (Lipinski definition) is 0. The normalized spacial score (nSPS) is 18.5. The van der Waals surface area contributed by atoms with Gasteiger partial charge < -0.3 is 4.48 Å². The lowest BCUT2D eigenvalue weighted by Crippen LogP contribution is -2.54. The van der Waals surface area contributed by atoms with Crippen LogP contribution in [0.5, 0.6) is 0 Å². The summed E-state index contributed by atoms with van der Waals surface area (Å²) in [7, 11) is 0. The molecule has 1 saturated heterocycles. The quantitative estimate of drug-likeness (QED) is 0.117. The van der Waals surface area contributed by atoms with Gasteiger partial charge in [0.2, 0.25) is 0 Å². The summed E-state index contributed by atoms with van der Waals surface area (Å²) in [6.07, 6.45) is 32.3. The molecule has 0 aliphatic carbocycles. The van der Waals surface area contributed by atoms with Crippen LogP contribution < -0.4 is 0 Å². The molecule has 1 aliphatic heterocycles. The van der Waals surface area contributed by atoms with E-state index < -0.39 is 0 Å². The SMILES string of the molecule is CCCCCCCCCCCC[N+]1(CCCCCCCCCCCC)CCC[C@@H](C)C1. The first-order valence-electron chi connectivity index (χ1n) is 15.1. The molecule has 0 N–H and O–H groups in total. The Kier molecular flexibility index (Phi) is 19.2. The molecule has 0 radical (unpaired) electrons. The first kappa shape index (κ1) is 29.0. The van der Waals surface area contributed by atoms with Gasteiger partial charge in [-0.25, -0.2) is 0 Å². The highest BCUT2D eigenvalue weighted by Crippen LogP contribution is 2.26. The standard InChI is InChI=1S/C30H62N/c1-4-6-8-10-12-14-16-18-20-22-26-31(28-24-25-30(3)29-31)27-23-21-19-17-15-13-11-9-7-5-2/h30H,4-29H2,1-3H3/q+1/t30-/m1/s1. The molecule has 1 heteroatoms.